The number of rotatable bonds is 3. The van der Waals surface area contributed by atoms with E-state index in [0.717, 1.165) is 33.3 Å². The second kappa shape index (κ2) is 5.17. The SMILES string of the molecule is Cc1csc(CC(N)c2ccc(Cl)c(C)c2)n1. The monoisotopic (exact) mass is 266 g/mol. The van der Waals surface area contributed by atoms with E-state index in [9.17, 15) is 0 Å². The Balaban J connectivity index is 2.14. The number of halogens is 1. The maximum absolute atomic E-state index is 6.18. The zero-order chi connectivity index (χ0) is 12.4. The molecule has 0 bridgehead atoms. The van der Waals surface area contributed by atoms with Crippen LogP contribution in [0.5, 0.6) is 0 Å². The van der Waals surface area contributed by atoms with E-state index < -0.39 is 0 Å². The van der Waals surface area contributed by atoms with Gasteiger partial charge in [-0.05, 0) is 31.0 Å². The molecule has 0 fully saturated rings. The van der Waals surface area contributed by atoms with Crippen LogP contribution in [0.2, 0.25) is 5.02 Å². The summed E-state index contributed by atoms with van der Waals surface area (Å²) >= 11 is 7.66. The van der Waals surface area contributed by atoms with Crippen LogP contribution < -0.4 is 5.73 Å². The fraction of sp³-hybridized carbons (Fsp3) is 0.308. The smallest absolute Gasteiger partial charge is 0.0947 e. The fourth-order valence-electron chi connectivity index (χ4n) is 1.70. The highest BCUT2D eigenvalue weighted by molar-refractivity contribution is 7.09. The van der Waals surface area contributed by atoms with Crippen LogP contribution in [0.4, 0.5) is 0 Å². The molecule has 0 saturated heterocycles. The lowest BCUT2D eigenvalue weighted by Gasteiger charge is -2.11. The Morgan fingerprint density at radius 1 is 1.41 bits per heavy atom. The highest BCUT2D eigenvalue weighted by atomic mass is 35.5. The average molecular weight is 267 g/mol. The molecule has 0 aliphatic carbocycles. The molecule has 0 aliphatic heterocycles. The van der Waals surface area contributed by atoms with Crippen LogP contribution in [-0.4, -0.2) is 4.98 Å². The summed E-state index contributed by atoms with van der Waals surface area (Å²) in [5.74, 6) is 0. The summed E-state index contributed by atoms with van der Waals surface area (Å²) in [6.45, 7) is 3.99. The summed E-state index contributed by atoms with van der Waals surface area (Å²) in [4.78, 5) is 4.43. The first kappa shape index (κ1) is 12.6. The molecule has 0 saturated carbocycles. The molecule has 2 aromatic rings. The number of nitrogens with two attached hydrogens (primary N) is 1. The molecular weight excluding hydrogens is 252 g/mol. The topological polar surface area (TPSA) is 38.9 Å². The van der Waals surface area contributed by atoms with Gasteiger partial charge >= 0.3 is 0 Å². The number of hydrogen-bond donors (Lipinski definition) is 1. The van der Waals surface area contributed by atoms with Gasteiger partial charge in [-0.15, -0.1) is 11.3 Å². The Kier molecular flexibility index (Phi) is 3.82. The van der Waals surface area contributed by atoms with Gasteiger partial charge in [0.15, 0.2) is 0 Å². The molecule has 0 spiro atoms. The first-order chi connectivity index (χ1) is 8.06. The molecule has 1 aromatic heterocycles. The largest absolute Gasteiger partial charge is 0.324 e. The minimum Gasteiger partial charge on any atom is -0.324 e. The molecule has 2 N–H and O–H groups in total. The van der Waals surface area contributed by atoms with Crippen molar-refractivity contribution in [3.63, 3.8) is 0 Å². The van der Waals surface area contributed by atoms with Gasteiger partial charge in [-0.2, -0.15) is 0 Å². The molecule has 1 heterocycles. The fourth-order valence-corrected chi connectivity index (χ4v) is 2.65. The van der Waals surface area contributed by atoms with E-state index in [-0.39, 0.29) is 6.04 Å². The summed E-state index contributed by atoms with van der Waals surface area (Å²) in [6.07, 6.45) is 0.777. The van der Waals surface area contributed by atoms with Crippen LogP contribution in [-0.2, 0) is 6.42 Å². The van der Waals surface area contributed by atoms with Crippen molar-refractivity contribution >= 4 is 22.9 Å². The number of benzene rings is 1. The molecule has 2 rings (SSSR count). The van der Waals surface area contributed by atoms with Crippen LogP contribution in [0, 0.1) is 13.8 Å². The molecular formula is C13H15ClN2S. The standard InChI is InChI=1S/C13H15ClN2S/c1-8-5-10(3-4-11(8)14)12(15)6-13-16-9(2)7-17-13/h3-5,7,12H,6,15H2,1-2H3. The van der Waals surface area contributed by atoms with Gasteiger partial charge in [0.1, 0.15) is 0 Å². The van der Waals surface area contributed by atoms with Gasteiger partial charge in [-0.25, -0.2) is 4.98 Å². The summed E-state index contributed by atoms with van der Waals surface area (Å²) < 4.78 is 0. The van der Waals surface area contributed by atoms with Crippen molar-refractivity contribution in [3.05, 3.63) is 50.4 Å². The predicted molar refractivity (Wildman–Crippen MR) is 73.7 cm³/mol. The second-order valence-corrected chi connectivity index (χ2v) is 5.55. The molecule has 17 heavy (non-hydrogen) atoms. The van der Waals surface area contributed by atoms with E-state index in [4.69, 9.17) is 17.3 Å². The molecule has 0 amide bonds. The Hall–Kier alpha value is -0.900. The van der Waals surface area contributed by atoms with Crippen molar-refractivity contribution < 1.29 is 0 Å². The summed E-state index contributed by atoms with van der Waals surface area (Å²) in [5, 5.41) is 3.92. The lowest BCUT2D eigenvalue weighted by molar-refractivity contribution is 0.716. The van der Waals surface area contributed by atoms with Gasteiger partial charge in [-0.3, -0.25) is 0 Å². The van der Waals surface area contributed by atoms with Gasteiger partial charge in [0.05, 0.1) is 5.01 Å². The highest BCUT2D eigenvalue weighted by Crippen LogP contribution is 2.23. The van der Waals surface area contributed by atoms with Crippen molar-refractivity contribution in [2.75, 3.05) is 0 Å². The second-order valence-electron chi connectivity index (χ2n) is 4.20. The van der Waals surface area contributed by atoms with Gasteiger partial charge < -0.3 is 5.73 Å². The third-order valence-electron chi connectivity index (χ3n) is 2.67. The predicted octanol–water partition coefficient (Wildman–Crippen LogP) is 3.66. The molecule has 1 unspecified atom stereocenters. The van der Waals surface area contributed by atoms with E-state index in [1.165, 1.54) is 0 Å². The molecule has 0 aliphatic rings. The van der Waals surface area contributed by atoms with Crippen LogP contribution >= 0.6 is 22.9 Å². The van der Waals surface area contributed by atoms with Crippen molar-refractivity contribution in [1.82, 2.24) is 4.98 Å². The lowest BCUT2D eigenvalue weighted by atomic mass is 10.0. The third-order valence-corrected chi connectivity index (χ3v) is 4.08. The Morgan fingerprint density at radius 3 is 2.76 bits per heavy atom. The average Bonchev–Trinajstić information content (AvgIpc) is 2.68. The normalized spacial score (nSPS) is 12.7. The number of thiazole rings is 1. The van der Waals surface area contributed by atoms with Gasteiger partial charge in [0, 0.05) is 28.6 Å². The number of aromatic nitrogens is 1. The van der Waals surface area contributed by atoms with Crippen LogP contribution in [0.15, 0.2) is 23.6 Å². The van der Waals surface area contributed by atoms with Crippen molar-refractivity contribution in [3.8, 4) is 0 Å². The zero-order valence-corrected chi connectivity index (χ0v) is 11.5. The first-order valence-corrected chi connectivity index (χ1v) is 6.74. The molecule has 1 atom stereocenters. The minimum atomic E-state index is -0.0171. The Bertz CT molecular complexity index is 522. The van der Waals surface area contributed by atoms with E-state index in [1.54, 1.807) is 11.3 Å². The third kappa shape index (κ3) is 3.06. The van der Waals surface area contributed by atoms with Gasteiger partial charge in [-0.1, -0.05) is 23.7 Å². The molecule has 90 valence electrons. The van der Waals surface area contributed by atoms with E-state index >= 15 is 0 Å². The van der Waals surface area contributed by atoms with Crippen molar-refractivity contribution in [1.29, 1.82) is 0 Å². The number of hydrogen-bond acceptors (Lipinski definition) is 3. The quantitative estimate of drug-likeness (QED) is 0.921. The van der Waals surface area contributed by atoms with Crippen LogP contribution in [0.3, 0.4) is 0 Å². The molecule has 2 nitrogen and oxygen atoms in total. The minimum absolute atomic E-state index is 0.0171. The highest BCUT2D eigenvalue weighted by Gasteiger charge is 2.10. The van der Waals surface area contributed by atoms with Gasteiger partial charge in [0.25, 0.3) is 0 Å². The summed E-state index contributed by atoms with van der Waals surface area (Å²) in [5.41, 5.74) is 9.41. The van der Waals surface area contributed by atoms with Crippen LogP contribution in [0.25, 0.3) is 0 Å². The maximum Gasteiger partial charge on any atom is 0.0947 e. The van der Waals surface area contributed by atoms with Gasteiger partial charge in [0.2, 0.25) is 0 Å². The molecule has 1 aromatic carbocycles. The van der Waals surface area contributed by atoms with E-state index in [1.807, 2.05) is 32.0 Å². The zero-order valence-electron chi connectivity index (χ0n) is 9.90. The molecule has 0 radical (unpaired) electrons. The number of nitrogens with zero attached hydrogens (tertiary/aromatic N) is 1. The van der Waals surface area contributed by atoms with Crippen molar-refractivity contribution in [2.45, 2.75) is 26.3 Å². The maximum atomic E-state index is 6.18. The Labute approximate surface area is 110 Å². The molecule has 4 heteroatoms. The lowest BCUT2D eigenvalue weighted by Crippen LogP contribution is -2.13. The first-order valence-electron chi connectivity index (χ1n) is 5.49. The summed E-state index contributed by atoms with van der Waals surface area (Å²) in [6, 6.07) is 5.92. The summed E-state index contributed by atoms with van der Waals surface area (Å²) in [7, 11) is 0. The van der Waals surface area contributed by atoms with Crippen molar-refractivity contribution in [2.24, 2.45) is 5.73 Å². The van der Waals surface area contributed by atoms with Crippen LogP contribution in [0.1, 0.15) is 27.9 Å². The van der Waals surface area contributed by atoms with E-state index in [0.29, 0.717) is 0 Å². The number of aryl methyl sites for hydroxylation is 2. The van der Waals surface area contributed by atoms with E-state index in [2.05, 4.69) is 10.4 Å². The Morgan fingerprint density at radius 2 is 2.18 bits per heavy atom.